The molecule has 0 unspecified atom stereocenters. The van der Waals surface area contributed by atoms with E-state index in [0.717, 1.165) is 25.4 Å². The molecular weight excluding hydrogens is 414 g/mol. The summed E-state index contributed by atoms with van der Waals surface area (Å²) in [6, 6.07) is 21.7. The Labute approximate surface area is 195 Å². The molecule has 2 amide bonds. The van der Waals surface area contributed by atoms with E-state index in [0.29, 0.717) is 29.1 Å². The van der Waals surface area contributed by atoms with Gasteiger partial charge in [-0.25, -0.2) is 0 Å². The minimum Gasteiger partial charge on any atom is -0.494 e. The summed E-state index contributed by atoms with van der Waals surface area (Å²) in [5.41, 5.74) is 3.59. The van der Waals surface area contributed by atoms with Gasteiger partial charge in [-0.05, 0) is 86.2 Å². The Kier molecular flexibility index (Phi) is 8.61. The molecule has 6 nitrogen and oxygen atoms in total. The quantitative estimate of drug-likeness (QED) is 0.436. The first-order valence-corrected chi connectivity index (χ1v) is 11.3. The van der Waals surface area contributed by atoms with E-state index in [9.17, 15) is 9.59 Å². The maximum absolute atomic E-state index is 12.6. The predicted octanol–water partition coefficient (Wildman–Crippen LogP) is 5.43. The lowest BCUT2D eigenvalue weighted by atomic mass is 10.1. The standard InChI is InChI=1S/C27H31N3O3/c1-4-30(5-2)19-20-7-9-21(10-8-20)26(31)28-23-13-11-22(12-14-23)27(32)29-24-15-17-25(18-16-24)33-6-3/h7-18H,4-6,19H2,1-3H3,(H,28,31)(H,29,32). The Hall–Kier alpha value is -3.64. The number of hydrogen-bond acceptors (Lipinski definition) is 4. The van der Waals surface area contributed by atoms with Gasteiger partial charge in [0, 0.05) is 29.0 Å². The molecule has 0 saturated heterocycles. The van der Waals surface area contributed by atoms with Crippen molar-refractivity contribution in [2.45, 2.75) is 27.3 Å². The molecule has 3 rings (SSSR count). The zero-order chi connectivity index (χ0) is 23.6. The zero-order valence-corrected chi connectivity index (χ0v) is 19.4. The number of anilines is 2. The third-order valence-corrected chi connectivity index (χ3v) is 5.34. The number of amides is 2. The summed E-state index contributed by atoms with van der Waals surface area (Å²) in [6.07, 6.45) is 0. The minimum absolute atomic E-state index is 0.184. The van der Waals surface area contributed by atoms with Crippen molar-refractivity contribution in [3.63, 3.8) is 0 Å². The lowest BCUT2D eigenvalue weighted by Crippen LogP contribution is -2.22. The van der Waals surface area contributed by atoms with E-state index in [4.69, 9.17) is 4.74 Å². The normalized spacial score (nSPS) is 10.7. The lowest BCUT2D eigenvalue weighted by molar-refractivity contribution is 0.102. The molecule has 0 saturated carbocycles. The van der Waals surface area contributed by atoms with Gasteiger partial charge in [0.15, 0.2) is 0 Å². The van der Waals surface area contributed by atoms with Gasteiger partial charge in [-0.2, -0.15) is 0 Å². The zero-order valence-electron chi connectivity index (χ0n) is 19.4. The van der Waals surface area contributed by atoms with Crippen LogP contribution < -0.4 is 15.4 Å². The summed E-state index contributed by atoms with van der Waals surface area (Å²) in [6.45, 7) is 9.65. The van der Waals surface area contributed by atoms with Crippen molar-refractivity contribution >= 4 is 23.2 Å². The number of nitrogens with one attached hydrogen (secondary N) is 2. The van der Waals surface area contributed by atoms with Crippen LogP contribution in [0, 0.1) is 0 Å². The second-order valence-electron chi connectivity index (χ2n) is 7.60. The minimum atomic E-state index is -0.221. The van der Waals surface area contributed by atoms with Crippen LogP contribution in [-0.4, -0.2) is 36.4 Å². The molecule has 0 aliphatic rings. The van der Waals surface area contributed by atoms with Crippen LogP contribution in [0.4, 0.5) is 11.4 Å². The second kappa shape index (κ2) is 11.8. The van der Waals surface area contributed by atoms with Gasteiger partial charge in [0.25, 0.3) is 11.8 Å². The first-order chi connectivity index (χ1) is 16.0. The molecule has 0 bridgehead atoms. The van der Waals surface area contributed by atoms with E-state index < -0.39 is 0 Å². The molecule has 3 aromatic rings. The number of carbonyl (C=O) groups is 2. The molecule has 3 aromatic carbocycles. The number of carbonyl (C=O) groups excluding carboxylic acids is 2. The van der Waals surface area contributed by atoms with Gasteiger partial charge in [0.2, 0.25) is 0 Å². The number of rotatable bonds is 10. The van der Waals surface area contributed by atoms with E-state index in [2.05, 4.69) is 29.4 Å². The molecule has 0 heterocycles. The largest absolute Gasteiger partial charge is 0.494 e. The average molecular weight is 446 g/mol. The molecule has 0 atom stereocenters. The number of nitrogens with zero attached hydrogens (tertiary/aromatic N) is 1. The van der Waals surface area contributed by atoms with E-state index in [1.165, 1.54) is 5.56 Å². The fourth-order valence-corrected chi connectivity index (χ4v) is 3.38. The van der Waals surface area contributed by atoms with Crippen LogP contribution in [-0.2, 0) is 6.54 Å². The highest BCUT2D eigenvalue weighted by Gasteiger charge is 2.10. The summed E-state index contributed by atoms with van der Waals surface area (Å²) < 4.78 is 5.41. The van der Waals surface area contributed by atoms with Gasteiger partial charge in [-0.1, -0.05) is 26.0 Å². The van der Waals surface area contributed by atoms with Crippen LogP contribution in [0.25, 0.3) is 0 Å². The molecule has 0 aliphatic carbocycles. The van der Waals surface area contributed by atoms with Gasteiger partial charge < -0.3 is 15.4 Å². The number of ether oxygens (including phenoxy) is 1. The molecule has 0 aliphatic heterocycles. The number of benzene rings is 3. The Morgan fingerprint density at radius 1 is 0.697 bits per heavy atom. The van der Waals surface area contributed by atoms with E-state index >= 15 is 0 Å². The Morgan fingerprint density at radius 3 is 1.61 bits per heavy atom. The summed E-state index contributed by atoms with van der Waals surface area (Å²) in [5, 5.41) is 5.74. The molecule has 0 fully saturated rings. The third kappa shape index (κ3) is 6.92. The lowest BCUT2D eigenvalue weighted by Gasteiger charge is -2.18. The highest BCUT2D eigenvalue weighted by molar-refractivity contribution is 6.06. The van der Waals surface area contributed by atoms with Crippen LogP contribution in [0.15, 0.2) is 72.8 Å². The van der Waals surface area contributed by atoms with E-state index in [1.54, 1.807) is 36.4 Å². The van der Waals surface area contributed by atoms with Gasteiger partial charge in [-0.15, -0.1) is 0 Å². The maximum Gasteiger partial charge on any atom is 0.255 e. The van der Waals surface area contributed by atoms with Crippen LogP contribution in [0.2, 0.25) is 0 Å². The SMILES string of the molecule is CCOc1ccc(NC(=O)c2ccc(NC(=O)c3ccc(CN(CC)CC)cc3)cc2)cc1. The van der Waals surface area contributed by atoms with Gasteiger partial charge in [0.05, 0.1) is 6.61 Å². The Balaban J connectivity index is 1.56. The first kappa shape index (κ1) is 24.0. The van der Waals surface area contributed by atoms with Crippen molar-refractivity contribution in [3.05, 3.63) is 89.5 Å². The fourth-order valence-electron chi connectivity index (χ4n) is 3.38. The first-order valence-electron chi connectivity index (χ1n) is 11.3. The van der Waals surface area contributed by atoms with Crippen LogP contribution in [0.5, 0.6) is 5.75 Å². The molecular formula is C27H31N3O3. The average Bonchev–Trinajstić information content (AvgIpc) is 2.84. The topological polar surface area (TPSA) is 70.7 Å². The summed E-state index contributed by atoms with van der Waals surface area (Å²) in [4.78, 5) is 27.4. The molecule has 0 aromatic heterocycles. The molecule has 0 spiro atoms. The van der Waals surface area contributed by atoms with Crippen LogP contribution >= 0.6 is 0 Å². The van der Waals surface area contributed by atoms with Crippen molar-refractivity contribution in [2.24, 2.45) is 0 Å². The Morgan fingerprint density at radius 2 is 1.15 bits per heavy atom. The molecule has 172 valence electrons. The van der Waals surface area contributed by atoms with Crippen LogP contribution in [0.1, 0.15) is 47.1 Å². The summed E-state index contributed by atoms with van der Waals surface area (Å²) in [5.74, 6) is 0.353. The maximum atomic E-state index is 12.6. The summed E-state index contributed by atoms with van der Waals surface area (Å²) in [7, 11) is 0. The van der Waals surface area contributed by atoms with E-state index in [1.807, 2.05) is 43.3 Å². The van der Waals surface area contributed by atoms with Crippen molar-refractivity contribution in [2.75, 3.05) is 30.3 Å². The fraction of sp³-hybridized carbons (Fsp3) is 0.259. The highest BCUT2D eigenvalue weighted by atomic mass is 16.5. The third-order valence-electron chi connectivity index (χ3n) is 5.34. The van der Waals surface area contributed by atoms with Gasteiger partial charge >= 0.3 is 0 Å². The second-order valence-corrected chi connectivity index (χ2v) is 7.60. The van der Waals surface area contributed by atoms with E-state index in [-0.39, 0.29) is 11.8 Å². The highest BCUT2D eigenvalue weighted by Crippen LogP contribution is 2.18. The molecule has 6 heteroatoms. The molecule has 2 N–H and O–H groups in total. The van der Waals surface area contributed by atoms with Crippen molar-refractivity contribution in [3.8, 4) is 5.75 Å². The van der Waals surface area contributed by atoms with Crippen molar-refractivity contribution in [1.29, 1.82) is 0 Å². The van der Waals surface area contributed by atoms with Gasteiger partial charge in [-0.3, -0.25) is 14.5 Å². The van der Waals surface area contributed by atoms with Crippen molar-refractivity contribution < 1.29 is 14.3 Å². The predicted molar refractivity (Wildman–Crippen MR) is 133 cm³/mol. The number of hydrogen-bond donors (Lipinski definition) is 2. The van der Waals surface area contributed by atoms with Crippen molar-refractivity contribution in [1.82, 2.24) is 4.90 Å². The summed E-state index contributed by atoms with van der Waals surface area (Å²) >= 11 is 0. The van der Waals surface area contributed by atoms with Crippen LogP contribution in [0.3, 0.4) is 0 Å². The monoisotopic (exact) mass is 445 g/mol. The smallest absolute Gasteiger partial charge is 0.255 e. The van der Waals surface area contributed by atoms with Gasteiger partial charge in [0.1, 0.15) is 5.75 Å². The molecule has 33 heavy (non-hydrogen) atoms. The molecule has 0 radical (unpaired) electrons. The Bertz CT molecular complexity index is 1040.